The Kier molecular flexibility index (Phi) is 10.6. The number of halogens is 1. The fraction of sp³-hybridized carbons (Fsp3) is 0.455. The van der Waals surface area contributed by atoms with Crippen molar-refractivity contribution in [3.63, 3.8) is 0 Å². The summed E-state index contributed by atoms with van der Waals surface area (Å²) in [5, 5.41) is 0.797. The van der Waals surface area contributed by atoms with Crippen molar-refractivity contribution in [1.29, 1.82) is 0 Å². The molecule has 1 aromatic carbocycles. The Bertz CT molecular complexity index is 1710. The summed E-state index contributed by atoms with van der Waals surface area (Å²) in [5.41, 5.74) is 3.65. The molecule has 0 unspecified atom stereocenters. The van der Waals surface area contributed by atoms with Crippen molar-refractivity contribution >= 4 is 24.5 Å². The van der Waals surface area contributed by atoms with E-state index >= 15 is 0 Å². The number of hydrogen-bond acceptors (Lipinski definition) is 8. The quantitative estimate of drug-likeness (QED) is 0.150. The van der Waals surface area contributed by atoms with Crippen LogP contribution >= 0.6 is 7.82 Å². The fourth-order valence-corrected chi connectivity index (χ4v) is 6.48. The number of phosphoric acid groups is 1. The monoisotopic (exact) mass is 640 g/mol. The number of hydrogen-bond donors (Lipinski definition) is 0. The van der Waals surface area contributed by atoms with Gasteiger partial charge in [0.25, 0.3) is 5.56 Å². The van der Waals surface area contributed by atoms with Gasteiger partial charge in [-0.3, -0.25) is 18.4 Å². The maximum Gasteiger partial charge on any atom is 0.476 e. The summed E-state index contributed by atoms with van der Waals surface area (Å²) in [4.78, 5) is 20.3. The SMILES string of the molecule is Cc1cccc(Cn2ccc(-c3cn(COP(=O)(OCC(C)C)OCC(C)C)c4ncc(N5CCOCC5)cc34)cc2=O)c1F. The third kappa shape index (κ3) is 8.09. The number of ether oxygens (including phenoxy) is 1. The Morgan fingerprint density at radius 1 is 1.00 bits per heavy atom. The molecular weight excluding hydrogens is 598 g/mol. The highest BCUT2D eigenvalue weighted by Gasteiger charge is 2.29. The number of fused-ring (bicyclic) bond motifs is 1. The largest absolute Gasteiger partial charge is 0.476 e. The number of aryl methyl sites for hydroxylation is 1. The average Bonchev–Trinajstić information content (AvgIpc) is 3.39. The third-order valence-electron chi connectivity index (χ3n) is 7.48. The molecule has 1 aliphatic heterocycles. The summed E-state index contributed by atoms with van der Waals surface area (Å²) in [6.07, 6.45) is 5.30. The van der Waals surface area contributed by atoms with Gasteiger partial charge in [-0.25, -0.2) is 13.9 Å². The molecule has 45 heavy (non-hydrogen) atoms. The number of pyridine rings is 2. The van der Waals surface area contributed by atoms with Crippen LogP contribution in [0.4, 0.5) is 10.1 Å². The molecule has 12 heteroatoms. The van der Waals surface area contributed by atoms with Gasteiger partial charge in [-0.1, -0.05) is 45.9 Å². The van der Waals surface area contributed by atoms with Gasteiger partial charge in [-0.05, 0) is 42.0 Å². The summed E-state index contributed by atoms with van der Waals surface area (Å²) < 4.78 is 54.1. The van der Waals surface area contributed by atoms with Gasteiger partial charge in [0, 0.05) is 48.1 Å². The van der Waals surface area contributed by atoms with Crippen LogP contribution in [0, 0.1) is 24.6 Å². The number of benzene rings is 1. The molecule has 0 bridgehead atoms. The van der Waals surface area contributed by atoms with Crippen LogP contribution in [0.5, 0.6) is 0 Å². The first-order chi connectivity index (χ1) is 21.5. The van der Waals surface area contributed by atoms with Crippen molar-refractivity contribution in [2.24, 2.45) is 11.8 Å². The van der Waals surface area contributed by atoms with Gasteiger partial charge in [0.05, 0.1) is 44.9 Å². The molecule has 242 valence electrons. The van der Waals surface area contributed by atoms with E-state index in [1.165, 1.54) is 10.6 Å². The highest BCUT2D eigenvalue weighted by atomic mass is 31.2. The summed E-state index contributed by atoms with van der Waals surface area (Å²) in [5.74, 6) is -0.0490. The Morgan fingerprint density at radius 2 is 1.71 bits per heavy atom. The third-order valence-corrected chi connectivity index (χ3v) is 8.84. The van der Waals surface area contributed by atoms with Crippen molar-refractivity contribution in [3.8, 4) is 11.1 Å². The van der Waals surface area contributed by atoms with E-state index in [0.717, 1.165) is 29.7 Å². The number of anilines is 1. The molecule has 4 heterocycles. The van der Waals surface area contributed by atoms with Crippen molar-refractivity contribution in [2.75, 3.05) is 44.4 Å². The van der Waals surface area contributed by atoms with Crippen LogP contribution in [0.25, 0.3) is 22.2 Å². The second-order valence-corrected chi connectivity index (χ2v) is 13.9. The topological polar surface area (TPSA) is 97.1 Å². The Labute approximate surface area is 263 Å². The fourth-order valence-electron chi connectivity index (χ4n) is 5.03. The first-order valence-corrected chi connectivity index (χ1v) is 16.8. The van der Waals surface area contributed by atoms with Crippen LogP contribution in [-0.4, -0.2) is 53.6 Å². The van der Waals surface area contributed by atoms with Crippen molar-refractivity contribution in [1.82, 2.24) is 14.1 Å². The Balaban J connectivity index is 1.50. The predicted molar refractivity (Wildman–Crippen MR) is 173 cm³/mol. The van der Waals surface area contributed by atoms with Crippen LogP contribution in [0.1, 0.15) is 38.8 Å². The summed E-state index contributed by atoms with van der Waals surface area (Å²) >= 11 is 0. The van der Waals surface area contributed by atoms with Gasteiger partial charge in [0.1, 0.15) is 18.2 Å². The molecule has 0 spiro atoms. The van der Waals surface area contributed by atoms with Crippen molar-refractivity contribution in [2.45, 2.75) is 47.9 Å². The van der Waals surface area contributed by atoms with Crippen LogP contribution < -0.4 is 10.5 Å². The molecule has 1 saturated heterocycles. The number of phosphoric ester groups is 1. The lowest BCUT2D eigenvalue weighted by Gasteiger charge is -2.28. The van der Waals surface area contributed by atoms with E-state index in [4.69, 9.17) is 23.3 Å². The molecule has 0 radical (unpaired) electrons. The van der Waals surface area contributed by atoms with E-state index in [-0.39, 0.29) is 49.7 Å². The highest BCUT2D eigenvalue weighted by Crippen LogP contribution is 2.50. The lowest BCUT2D eigenvalue weighted by Crippen LogP contribution is -2.36. The molecular formula is C33H42FN4O6P. The molecule has 0 amide bonds. The molecule has 0 aliphatic carbocycles. The lowest BCUT2D eigenvalue weighted by atomic mass is 10.1. The molecule has 0 N–H and O–H groups in total. The second-order valence-electron chi connectivity index (χ2n) is 12.2. The highest BCUT2D eigenvalue weighted by molar-refractivity contribution is 7.48. The first-order valence-electron chi connectivity index (χ1n) is 15.3. The zero-order valence-corrected chi connectivity index (χ0v) is 27.5. The number of aromatic nitrogens is 3. The number of nitrogens with zero attached hydrogens (tertiary/aromatic N) is 4. The molecule has 3 aromatic heterocycles. The van der Waals surface area contributed by atoms with Crippen LogP contribution in [0.2, 0.25) is 0 Å². The van der Waals surface area contributed by atoms with Gasteiger partial charge in [-0.15, -0.1) is 0 Å². The zero-order chi connectivity index (χ0) is 32.1. The Morgan fingerprint density at radius 3 is 2.38 bits per heavy atom. The summed E-state index contributed by atoms with van der Waals surface area (Å²) in [7, 11) is -3.88. The Hall–Kier alpha value is -3.34. The number of rotatable bonds is 13. The summed E-state index contributed by atoms with van der Waals surface area (Å²) in [6, 6.07) is 10.6. The minimum atomic E-state index is -3.88. The maximum absolute atomic E-state index is 14.7. The van der Waals surface area contributed by atoms with E-state index < -0.39 is 7.82 Å². The van der Waals surface area contributed by atoms with Gasteiger partial charge in [0.2, 0.25) is 0 Å². The van der Waals surface area contributed by atoms with Crippen LogP contribution in [0.3, 0.4) is 0 Å². The van der Waals surface area contributed by atoms with Crippen molar-refractivity contribution < 1.29 is 27.3 Å². The summed E-state index contributed by atoms with van der Waals surface area (Å²) in [6.45, 7) is 12.7. The lowest BCUT2D eigenvalue weighted by molar-refractivity contribution is 0.0768. The first kappa shape index (κ1) is 33.0. The molecule has 0 saturated carbocycles. The van der Waals surface area contributed by atoms with Gasteiger partial charge in [0.15, 0.2) is 0 Å². The van der Waals surface area contributed by atoms with Crippen molar-refractivity contribution in [3.05, 3.63) is 82.3 Å². The van der Waals surface area contributed by atoms with Crippen LogP contribution in [0.15, 0.2) is 59.8 Å². The molecule has 0 atom stereocenters. The molecule has 4 aromatic rings. The number of morpholine rings is 1. The van der Waals surface area contributed by atoms with E-state index in [0.29, 0.717) is 35.6 Å². The predicted octanol–water partition coefficient (Wildman–Crippen LogP) is 6.62. The molecule has 5 rings (SSSR count). The molecule has 1 fully saturated rings. The smallest absolute Gasteiger partial charge is 0.378 e. The normalized spacial score (nSPS) is 14.3. The van der Waals surface area contributed by atoms with E-state index in [9.17, 15) is 13.8 Å². The van der Waals surface area contributed by atoms with E-state index in [1.54, 1.807) is 42.1 Å². The second kappa shape index (κ2) is 14.4. The maximum atomic E-state index is 14.7. The van der Waals surface area contributed by atoms with Gasteiger partial charge in [-0.2, -0.15) is 0 Å². The van der Waals surface area contributed by atoms with E-state index in [2.05, 4.69) is 4.90 Å². The average molecular weight is 641 g/mol. The molecule has 1 aliphatic rings. The van der Waals surface area contributed by atoms with E-state index in [1.807, 2.05) is 46.0 Å². The zero-order valence-electron chi connectivity index (χ0n) is 26.6. The minimum absolute atomic E-state index is 0.118. The van der Waals surface area contributed by atoms with Crippen LogP contribution in [-0.2, 0) is 36.1 Å². The van der Waals surface area contributed by atoms with Gasteiger partial charge >= 0.3 is 7.82 Å². The standard InChI is InChI=1S/C33H42FN4O6P/c1-23(2)20-42-45(40,43-21-24(3)4)44-22-38-19-30(29-16-28(17-35-33(29)38)36-11-13-41-14-12-36)26-9-10-37(31(39)15-26)18-27-8-6-7-25(5)32(27)34/h6-10,15-17,19,23-24H,11-14,18,20-22H2,1-5H3. The molecule has 10 nitrogen and oxygen atoms in total. The van der Waals surface area contributed by atoms with Gasteiger partial charge < -0.3 is 18.8 Å². The minimum Gasteiger partial charge on any atom is -0.378 e.